The minimum atomic E-state index is -0.0956. The van der Waals surface area contributed by atoms with E-state index in [9.17, 15) is 4.79 Å². The molecule has 0 atom stereocenters. The van der Waals surface area contributed by atoms with Gasteiger partial charge in [-0.2, -0.15) is 0 Å². The van der Waals surface area contributed by atoms with E-state index in [0.29, 0.717) is 23.7 Å². The molecule has 1 aromatic heterocycles. The Kier molecular flexibility index (Phi) is 5.66. The van der Waals surface area contributed by atoms with Crippen LogP contribution in [0.15, 0.2) is 12.3 Å². The van der Waals surface area contributed by atoms with Gasteiger partial charge in [-0.15, -0.1) is 18.2 Å². The van der Waals surface area contributed by atoms with Gasteiger partial charge in [0.05, 0.1) is 11.4 Å². The van der Waals surface area contributed by atoms with Crippen molar-refractivity contribution in [2.75, 3.05) is 23.8 Å². The van der Waals surface area contributed by atoms with Gasteiger partial charge in [0.1, 0.15) is 5.69 Å². The Morgan fingerprint density at radius 1 is 1.67 bits per heavy atom. The van der Waals surface area contributed by atoms with Crippen LogP contribution in [0.5, 0.6) is 0 Å². The number of nitrogens with one attached hydrogen (secondary N) is 1. The highest BCUT2D eigenvalue weighted by molar-refractivity contribution is 7.99. The lowest BCUT2D eigenvalue weighted by atomic mass is 10.3. The van der Waals surface area contributed by atoms with E-state index < -0.39 is 0 Å². The predicted octanol–water partition coefficient (Wildman–Crippen LogP) is 1.75. The third kappa shape index (κ3) is 4.04. The quantitative estimate of drug-likeness (QED) is 0.608. The third-order valence-electron chi connectivity index (χ3n) is 2.38. The van der Waals surface area contributed by atoms with Crippen LogP contribution in [0.2, 0.25) is 0 Å². The molecule has 98 valence electrons. The second kappa shape index (κ2) is 7.02. The number of hydrogen-bond acceptors (Lipinski definition) is 3. The van der Waals surface area contributed by atoms with Crippen LogP contribution in [0.25, 0.3) is 0 Å². The molecule has 0 aliphatic carbocycles. The summed E-state index contributed by atoms with van der Waals surface area (Å²) in [5, 5.41) is 2.86. The number of terminal acetylenes is 1. The number of rotatable bonds is 6. The first kappa shape index (κ1) is 14.5. The molecule has 5 heteroatoms. The number of aromatic nitrogens is 1. The van der Waals surface area contributed by atoms with Gasteiger partial charge in [-0.1, -0.05) is 5.92 Å². The van der Waals surface area contributed by atoms with Gasteiger partial charge in [0.15, 0.2) is 0 Å². The molecule has 0 spiro atoms. The molecule has 1 rings (SSSR count). The Labute approximate surface area is 112 Å². The van der Waals surface area contributed by atoms with Crippen molar-refractivity contribution in [2.24, 2.45) is 0 Å². The van der Waals surface area contributed by atoms with Crippen LogP contribution >= 0.6 is 11.8 Å². The monoisotopic (exact) mass is 265 g/mol. The van der Waals surface area contributed by atoms with Crippen LogP contribution in [-0.4, -0.2) is 28.5 Å². The van der Waals surface area contributed by atoms with Crippen molar-refractivity contribution in [1.82, 2.24) is 9.88 Å². The first-order valence-corrected chi connectivity index (χ1v) is 6.98. The van der Waals surface area contributed by atoms with Crippen molar-refractivity contribution in [2.45, 2.75) is 19.9 Å². The maximum atomic E-state index is 12.0. The average molecular weight is 265 g/mol. The molecule has 3 N–H and O–H groups in total. The van der Waals surface area contributed by atoms with Crippen molar-refractivity contribution in [3.8, 4) is 12.3 Å². The van der Waals surface area contributed by atoms with Crippen molar-refractivity contribution in [1.29, 1.82) is 0 Å². The summed E-state index contributed by atoms with van der Waals surface area (Å²) in [4.78, 5) is 12.0. The Bertz CT molecular complexity index is 446. The highest BCUT2D eigenvalue weighted by Gasteiger charge is 2.13. The highest BCUT2D eigenvalue weighted by Crippen LogP contribution is 2.16. The summed E-state index contributed by atoms with van der Waals surface area (Å²) in [5.41, 5.74) is 6.93. The molecule has 1 amide bonds. The lowest BCUT2D eigenvalue weighted by Crippen LogP contribution is -2.28. The van der Waals surface area contributed by atoms with Crippen LogP contribution in [0, 0.1) is 12.3 Å². The Morgan fingerprint density at radius 2 is 2.39 bits per heavy atom. The normalized spacial score (nSPS) is 10.3. The van der Waals surface area contributed by atoms with Gasteiger partial charge in [0.25, 0.3) is 5.91 Å². The zero-order chi connectivity index (χ0) is 13.5. The molecule has 0 saturated heterocycles. The molecule has 0 unspecified atom stereocenters. The summed E-state index contributed by atoms with van der Waals surface area (Å²) >= 11 is 1.62. The van der Waals surface area contributed by atoms with Crippen molar-refractivity contribution >= 4 is 23.4 Å². The van der Waals surface area contributed by atoms with E-state index in [1.807, 2.05) is 18.4 Å². The van der Waals surface area contributed by atoms with Crippen molar-refractivity contribution < 1.29 is 4.79 Å². The van der Waals surface area contributed by atoms with E-state index >= 15 is 0 Å². The number of anilines is 1. The first-order chi connectivity index (χ1) is 8.56. The van der Waals surface area contributed by atoms with E-state index in [2.05, 4.69) is 11.2 Å². The largest absolute Gasteiger partial charge is 0.397 e. The molecule has 1 aromatic rings. The van der Waals surface area contributed by atoms with E-state index in [-0.39, 0.29) is 11.9 Å². The average Bonchev–Trinajstić information content (AvgIpc) is 2.71. The fourth-order valence-corrected chi connectivity index (χ4v) is 2.08. The zero-order valence-corrected chi connectivity index (χ0v) is 11.6. The summed E-state index contributed by atoms with van der Waals surface area (Å²) in [5.74, 6) is 3.93. The SMILES string of the molecule is C#CCSCCNC(=O)c1cc(N)cn1C(C)C. The molecule has 0 fully saturated rings. The van der Waals surface area contributed by atoms with Crippen molar-refractivity contribution in [3.63, 3.8) is 0 Å². The van der Waals surface area contributed by atoms with Gasteiger partial charge in [-0.25, -0.2) is 0 Å². The third-order valence-corrected chi connectivity index (χ3v) is 3.24. The molecule has 1 heterocycles. The van der Waals surface area contributed by atoms with Crippen LogP contribution in [0.1, 0.15) is 30.4 Å². The van der Waals surface area contributed by atoms with Gasteiger partial charge < -0.3 is 15.6 Å². The summed E-state index contributed by atoms with van der Waals surface area (Å²) in [6, 6.07) is 1.91. The van der Waals surface area contributed by atoms with Gasteiger partial charge in [0.2, 0.25) is 0 Å². The number of carbonyl (C=O) groups is 1. The zero-order valence-electron chi connectivity index (χ0n) is 10.8. The number of nitrogens with two attached hydrogens (primary N) is 1. The summed E-state index contributed by atoms with van der Waals surface area (Å²) in [6.45, 7) is 4.63. The molecule has 4 nitrogen and oxygen atoms in total. The van der Waals surface area contributed by atoms with Crippen LogP contribution < -0.4 is 11.1 Å². The molecular formula is C13H19N3OS. The smallest absolute Gasteiger partial charge is 0.268 e. The molecule has 0 radical (unpaired) electrons. The minimum Gasteiger partial charge on any atom is -0.397 e. The lowest BCUT2D eigenvalue weighted by Gasteiger charge is -2.12. The first-order valence-electron chi connectivity index (χ1n) is 5.83. The summed E-state index contributed by atoms with van der Waals surface area (Å²) in [6.07, 6.45) is 6.93. The van der Waals surface area contributed by atoms with Gasteiger partial charge >= 0.3 is 0 Å². The number of nitrogens with zero attached hydrogens (tertiary/aromatic N) is 1. The Morgan fingerprint density at radius 3 is 3.00 bits per heavy atom. The van der Waals surface area contributed by atoms with Crippen molar-refractivity contribution in [3.05, 3.63) is 18.0 Å². The number of nitrogen functional groups attached to an aromatic ring is 1. The predicted molar refractivity (Wildman–Crippen MR) is 77.7 cm³/mol. The van der Waals surface area contributed by atoms with E-state index in [1.165, 1.54) is 0 Å². The molecule has 0 saturated carbocycles. The fraction of sp³-hybridized carbons (Fsp3) is 0.462. The number of thioether (sulfide) groups is 1. The Balaban J connectivity index is 2.54. The van der Waals surface area contributed by atoms with Crippen LogP contribution in [0.3, 0.4) is 0 Å². The Hall–Kier alpha value is -1.54. The highest BCUT2D eigenvalue weighted by atomic mass is 32.2. The van der Waals surface area contributed by atoms with Crippen LogP contribution in [-0.2, 0) is 0 Å². The maximum absolute atomic E-state index is 12.0. The van der Waals surface area contributed by atoms with Gasteiger partial charge in [-0.3, -0.25) is 4.79 Å². The number of hydrogen-bond donors (Lipinski definition) is 2. The molecule has 0 aromatic carbocycles. The van der Waals surface area contributed by atoms with Gasteiger partial charge in [0, 0.05) is 24.5 Å². The molecule has 18 heavy (non-hydrogen) atoms. The minimum absolute atomic E-state index is 0.0956. The summed E-state index contributed by atoms with van der Waals surface area (Å²) < 4.78 is 1.87. The maximum Gasteiger partial charge on any atom is 0.268 e. The fourth-order valence-electron chi connectivity index (χ4n) is 1.57. The second-order valence-corrected chi connectivity index (χ2v) is 5.28. The summed E-state index contributed by atoms with van der Waals surface area (Å²) in [7, 11) is 0. The molecule has 0 bridgehead atoms. The van der Waals surface area contributed by atoms with E-state index in [1.54, 1.807) is 24.0 Å². The van der Waals surface area contributed by atoms with Crippen LogP contribution in [0.4, 0.5) is 5.69 Å². The van der Waals surface area contributed by atoms with Gasteiger partial charge in [-0.05, 0) is 19.9 Å². The number of carbonyl (C=O) groups excluding carboxylic acids is 1. The number of amides is 1. The van der Waals surface area contributed by atoms with E-state index in [4.69, 9.17) is 12.2 Å². The van der Waals surface area contributed by atoms with E-state index in [0.717, 1.165) is 5.75 Å². The topological polar surface area (TPSA) is 60.1 Å². The molecular weight excluding hydrogens is 246 g/mol. The molecule has 0 aliphatic rings. The molecule has 0 aliphatic heterocycles. The lowest BCUT2D eigenvalue weighted by molar-refractivity contribution is 0.0945. The standard InChI is InChI=1S/C13H19N3OS/c1-4-6-18-7-5-15-13(17)12-8-11(14)9-16(12)10(2)3/h1,8-10H,5-7,14H2,2-3H3,(H,15,17). The second-order valence-electron chi connectivity index (χ2n) is 4.17.